The monoisotopic (exact) mass is 260 g/mol. The van der Waals surface area contributed by atoms with Gasteiger partial charge in [0.15, 0.2) is 0 Å². The normalized spacial score (nSPS) is 22.3. The topological polar surface area (TPSA) is 41.1 Å². The summed E-state index contributed by atoms with van der Waals surface area (Å²) in [6, 6.07) is 0. The predicted octanol–water partition coefficient (Wildman–Crippen LogP) is 1.30. The lowest BCUT2D eigenvalue weighted by atomic mass is 9.99. The van der Waals surface area contributed by atoms with Crippen LogP contribution in [0.25, 0.3) is 0 Å². The molecule has 0 aromatic heterocycles. The maximum atomic E-state index is 12.5. The van der Waals surface area contributed by atoms with Gasteiger partial charge in [-0.15, -0.1) is 0 Å². The smallest absolute Gasteiger partial charge is 0.349 e. The van der Waals surface area contributed by atoms with Gasteiger partial charge < -0.3 is 10.6 Å². The first-order valence-electron chi connectivity index (χ1n) is 5.17. The van der Waals surface area contributed by atoms with E-state index in [2.05, 4.69) is 5.32 Å². The van der Waals surface area contributed by atoms with Crippen LogP contribution in [-0.2, 0) is 4.79 Å². The molecule has 3 nitrogen and oxygen atoms in total. The van der Waals surface area contributed by atoms with Gasteiger partial charge >= 0.3 is 12.1 Å². The summed E-state index contributed by atoms with van der Waals surface area (Å²) in [5.41, 5.74) is 0. The van der Waals surface area contributed by atoms with Crippen molar-refractivity contribution in [3.8, 4) is 0 Å². The van der Waals surface area contributed by atoms with Gasteiger partial charge in [-0.05, 0) is 19.4 Å². The summed E-state index contributed by atoms with van der Waals surface area (Å²) in [7, 11) is 0. The molecule has 1 amide bonds. The van der Waals surface area contributed by atoms with Gasteiger partial charge in [-0.1, -0.05) is 0 Å². The number of hydrogen-bond acceptors (Lipinski definition) is 2. The first kappa shape index (κ1) is 14.1. The van der Waals surface area contributed by atoms with Crippen LogP contribution in [0.4, 0.5) is 22.0 Å². The van der Waals surface area contributed by atoms with Crippen LogP contribution in [0.15, 0.2) is 0 Å². The lowest BCUT2D eigenvalue weighted by Crippen LogP contribution is -2.49. The lowest BCUT2D eigenvalue weighted by molar-refractivity contribution is -0.278. The number of amides is 1. The highest BCUT2D eigenvalue weighted by Crippen LogP contribution is 2.34. The summed E-state index contributed by atoms with van der Waals surface area (Å²) in [4.78, 5) is 11.3. The van der Waals surface area contributed by atoms with Crippen LogP contribution in [0.1, 0.15) is 12.8 Å². The number of nitrogens with one attached hydrogen (secondary N) is 2. The molecule has 0 aromatic rings. The Bertz CT molecular complexity index is 273. The number of alkyl halides is 5. The van der Waals surface area contributed by atoms with Crippen LogP contribution in [0, 0.1) is 5.92 Å². The van der Waals surface area contributed by atoms with E-state index in [9.17, 15) is 26.7 Å². The van der Waals surface area contributed by atoms with Crippen molar-refractivity contribution in [2.45, 2.75) is 24.9 Å². The van der Waals surface area contributed by atoms with Crippen molar-refractivity contribution in [2.75, 3.05) is 19.6 Å². The van der Waals surface area contributed by atoms with Crippen LogP contribution in [0.3, 0.4) is 0 Å². The van der Waals surface area contributed by atoms with Crippen molar-refractivity contribution in [3.05, 3.63) is 0 Å². The molecule has 100 valence electrons. The number of piperidine rings is 1. The minimum Gasteiger partial charge on any atom is -0.349 e. The molecule has 0 spiro atoms. The van der Waals surface area contributed by atoms with Crippen molar-refractivity contribution in [1.29, 1.82) is 0 Å². The SMILES string of the molecule is O=C(NCC(F)(F)C(F)(F)F)C1CCCNC1. The number of carbonyl (C=O) groups is 1. The maximum Gasteiger partial charge on any atom is 0.455 e. The van der Waals surface area contributed by atoms with Gasteiger partial charge in [0.2, 0.25) is 5.91 Å². The summed E-state index contributed by atoms with van der Waals surface area (Å²) >= 11 is 0. The average Bonchev–Trinajstić information content (AvgIpc) is 2.25. The molecule has 1 aliphatic heterocycles. The molecule has 0 radical (unpaired) electrons. The van der Waals surface area contributed by atoms with E-state index >= 15 is 0 Å². The van der Waals surface area contributed by atoms with E-state index < -0.39 is 30.5 Å². The Balaban J connectivity index is 2.42. The van der Waals surface area contributed by atoms with Gasteiger partial charge in [-0.3, -0.25) is 4.79 Å². The van der Waals surface area contributed by atoms with Gasteiger partial charge in [0.25, 0.3) is 0 Å². The quantitative estimate of drug-likeness (QED) is 0.751. The zero-order chi connectivity index (χ0) is 13.1. The van der Waals surface area contributed by atoms with E-state index in [4.69, 9.17) is 0 Å². The number of rotatable bonds is 3. The second-order valence-corrected chi connectivity index (χ2v) is 3.96. The first-order chi connectivity index (χ1) is 7.74. The molecule has 0 aromatic carbocycles. The van der Waals surface area contributed by atoms with Crippen LogP contribution >= 0.6 is 0 Å². The Labute approximate surface area is 94.7 Å². The third-order valence-corrected chi connectivity index (χ3v) is 2.57. The molecule has 0 saturated carbocycles. The van der Waals surface area contributed by atoms with Gasteiger partial charge in [-0.2, -0.15) is 22.0 Å². The summed E-state index contributed by atoms with van der Waals surface area (Å²) in [5, 5.41) is 4.52. The van der Waals surface area contributed by atoms with Crippen LogP contribution in [0.2, 0.25) is 0 Å². The van der Waals surface area contributed by atoms with Crippen LogP contribution in [-0.4, -0.2) is 37.6 Å². The lowest BCUT2D eigenvalue weighted by Gasteiger charge is -2.24. The van der Waals surface area contributed by atoms with E-state index in [0.717, 1.165) is 6.54 Å². The van der Waals surface area contributed by atoms with Gasteiger partial charge in [0.05, 0.1) is 12.5 Å². The number of hydrogen-bond donors (Lipinski definition) is 2. The molecule has 1 fully saturated rings. The van der Waals surface area contributed by atoms with Crippen molar-refractivity contribution >= 4 is 5.91 Å². The van der Waals surface area contributed by atoms with Crippen LogP contribution < -0.4 is 10.6 Å². The number of carbonyl (C=O) groups excluding carboxylic acids is 1. The van der Waals surface area contributed by atoms with Crippen molar-refractivity contribution < 1.29 is 26.7 Å². The van der Waals surface area contributed by atoms with Crippen molar-refractivity contribution in [1.82, 2.24) is 10.6 Å². The third kappa shape index (κ3) is 3.79. The van der Waals surface area contributed by atoms with E-state index in [1.54, 1.807) is 5.32 Å². The minimum absolute atomic E-state index is 0.309. The van der Waals surface area contributed by atoms with Crippen LogP contribution in [0.5, 0.6) is 0 Å². The molecule has 8 heteroatoms. The van der Waals surface area contributed by atoms with E-state index in [1.807, 2.05) is 0 Å². The van der Waals surface area contributed by atoms with Gasteiger partial charge in [-0.25, -0.2) is 0 Å². The van der Waals surface area contributed by atoms with Crippen molar-refractivity contribution in [2.24, 2.45) is 5.92 Å². The summed E-state index contributed by atoms with van der Waals surface area (Å²) in [6.07, 6.45) is -4.44. The van der Waals surface area contributed by atoms with E-state index in [-0.39, 0.29) is 0 Å². The highest BCUT2D eigenvalue weighted by Gasteiger charge is 2.57. The molecule has 1 atom stereocenters. The molecule has 1 heterocycles. The molecule has 1 unspecified atom stereocenters. The zero-order valence-corrected chi connectivity index (χ0v) is 8.91. The Kier molecular flexibility index (Phi) is 4.29. The Morgan fingerprint density at radius 2 is 1.94 bits per heavy atom. The summed E-state index contributed by atoms with van der Waals surface area (Å²) in [5.74, 6) is -6.18. The van der Waals surface area contributed by atoms with E-state index in [1.165, 1.54) is 0 Å². The second kappa shape index (κ2) is 5.16. The molecular formula is C9H13F5N2O. The standard InChI is InChI=1S/C9H13F5N2O/c10-8(11,9(12,13)14)5-16-7(17)6-2-1-3-15-4-6/h6,15H,1-5H2,(H,16,17). The zero-order valence-electron chi connectivity index (χ0n) is 8.91. The van der Waals surface area contributed by atoms with E-state index in [0.29, 0.717) is 19.4 Å². The Morgan fingerprint density at radius 1 is 1.29 bits per heavy atom. The largest absolute Gasteiger partial charge is 0.455 e. The van der Waals surface area contributed by atoms with Gasteiger partial charge in [0, 0.05) is 6.54 Å². The second-order valence-electron chi connectivity index (χ2n) is 3.96. The molecule has 1 aliphatic rings. The summed E-state index contributed by atoms with van der Waals surface area (Å²) < 4.78 is 60.4. The molecule has 0 aliphatic carbocycles. The molecular weight excluding hydrogens is 247 g/mol. The highest BCUT2D eigenvalue weighted by molar-refractivity contribution is 5.79. The Morgan fingerprint density at radius 3 is 2.41 bits per heavy atom. The maximum absolute atomic E-state index is 12.5. The first-order valence-corrected chi connectivity index (χ1v) is 5.17. The minimum atomic E-state index is -5.63. The molecule has 1 rings (SSSR count). The molecule has 0 bridgehead atoms. The fourth-order valence-corrected chi connectivity index (χ4v) is 1.52. The van der Waals surface area contributed by atoms with Crippen molar-refractivity contribution in [3.63, 3.8) is 0 Å². The molecule has 17 heavy (non-hydrogen) atoms. The average molecular weight is 260 g/mol. The fraction of sp³-hybridized carbons (Fsp3) is 0.889. The van der Waals surface area contributed by atoms with Gasteiger partial charge in [0.1, 0.15) is 0 Å². The molecule has 2 N–H and O–H groups in total. The summed E-state index contributed by atoms with van der Waals surface area (Å²) in [6.45, 7) is -0.669. The number of halogens is 5. The fourth-order valence-electron chi connectivity index (χ4n) is 1.52. The molecule has 1 saturated heterocycles. The highest BCUT2D eigenvalue weighted by atomic mass is 19.4. The predicted molar refractivity (Wildman–Crippen MR) is 49.6 cm³/mol. The Hall–Kier alpha value is -0.920. The third-order valence-electron chi connectivity index (χ3n) is 2.57.